The van der Waals surface area contributed by atoms with Crippen molar-refractivity contribution in [3.63, 3.8) is 0 Å². The quantitative estimate of drug-likeness (QED) is 0.899. The molecule has 2 aromatic rings. The monoisotopic (exact) mass is 348 g/mol. The van der Waals surface area contributed by atoms with Crippen molar-refractivity contribution in [3.8, 4) is 5.75 Å². The normalized spacial score (nSPS) is 15.9. The summed E-state index contributed by atoms with van der Waals surface area (Å²) >= 11 is 0. The van der Waals surface area contributed by atoms with E-state index in [0.29, 0.717) is 31.2 Å². The topological polar surface area (TPSA) is 67.9 Å². The van der Waals surface area contributed by atoms with E-state index in [-0.39, 0.29) is 0 Å². The summed E-state index contributed by atoms with van der Waals surface area (Å²) in [5, 5.41) is 3.23. The standard InChI is InChI=1S/C17H20N2O4S/c1-22-16-6-2-14(3-7-16)18-15-4-8-17(9-5-15)24(20,21)19-10-12-23-13-11-19/h2-9,18H,10-13H2,1H3. The third-order valence-corrected chi connectivity index (χ3v) is 5.75. The summed E-state index contributed by atoms with van der Waals surface area (Å²) in [6.07, 6.45) is 0. The zero-order valence-electron chi connectivity index (χ0n) is 13.4. The number of hydrogen-bond donors (Lipinski definition) is 1. The summed E-state index contributed by atoms with van der Waals surface area (Å²) in [6.45, 7) is 1.68. The van der Waals surface area contributed by atoms with E-state index < -0.39 is 10.0 Å². The summed E-state index contributed by atoms with van der Waals surface area (Å²) in [4.78, 5) is 0.296. The van der Waals surface area contributed by atoms with Gasteiger partial charge in [-0.2, -0.15) is 4.31 Å². The third-order valence-electron chi connectivity index (χ3n) is 3.84. The maximum absolute atomic E-state index is 12.6. The Balaban J connectivity index is 1.72. The number of rotatable bonds is 5. The maximum atomic E-state index is 12.6. The number of hydrogen-bond acceptors (Lipinski definition) is 5. The zero-order chi connectivity index (χ0) is 17.0. The van der Waals surface area contributed by atoms with E-state index in [1.807, 2.05) is 24.3 Å². The lowest BCUT2D eigenvalue weighted by atomic mass is 10.2. The van der Waals surface area contributed by atoms with E-state index in [4.69, 9.17) is 9.47 Å². The highest BCUT2D eigenvalue weighted by Crippen LogP contribution is 2.23. The molecule has 0 saturated carbocycles. The molecule has 0 bridgehead atoms. The van der Waals surface area contributed by atoms with Crippen molar-refractivity contribution in [2.75, 3.05) is 38.7 Å². The zero-order valence-corrected chi connectivity index (χ0v) is 14.3. The number of morpholine rings is 1. The summed E-state index contributed by atoms with van der Waals surface area (Å²) in [5.74, 6) is 0.785. The van der Waals surface area contributed by atoms with Gasteiger partial charge in [-0.05, 0) is 48.5 Å². The van der Waals surface area contributed by atoms with E-state index in [9.17, 15) is 8.42 Å². The van der Waals surface area contributed by atoms with Gasteiger partial charge in [0.1, 0.15) is 5.75 Å². The molecule has 7 heteroatoms. The van der Waals surface area contributed by atoms with Crippen LogP contribution >= 0.6 is 0 Å². The van der Waals surface area contributed by atoms with E-state index >= 15 is 0 Å². The van der Waals surface area contributed by atoms with Crippen LogP contribution in [0.1, 0.15) is 0 Å². The summed E-state index contributed by atoms with van der Waals surface area (Å²) in [7, 11) is -1.83. The lowest BCUT2D eigenvalue weighted by molar-refractivity contribution is 0.0730. The molecule has 0 amide bonds. The van der Waals surface area contributed by atoms with Crippen LogP contribution in [-0.4, -0.2) is 46.1 Å². The second-order valence-electron chi connectivity index (χ2n) is 5.39. The van der Waals surface area contributed by atoms with Gasteiger partial charge in [-0.25, -0.2) is 8.42 Å². The van der Waals surface area contributed by atoms with Crippen LogP contribution in [0.4, 0.5) is 11.4 Å². The molecule has 128 valence electrons. The van der Waals surface area contributed by atoms with Crippen molar-refractivity contribution < 1.29 is 17.9 Å². The van der Waals surface area contributed by atoms with E-state index in [2.05, 4.69) is 5.32 Å². The van der Waals surface area contributed by atoms with Crippen LogP contribution in [0, 0.1) is 0 Å². The van der Waals surface area contributed by atoms with Crippen LogP contribution in [0.2, 0.25) is 0 Å². The molecule has 1 fully saturated rings. The van der Waals surface area contributed by atoms with Crippen molar-refractivity contribution in [2.45, 2.75) is 4.90 Å². The van der Waals surface area contributed by atoms with Crippen LogP contribution in [0.15, 0.2) is 53.4 Å². The molecule has 3 rings (SSSR count). The molecule has 1 N–H and O–H groups in total. The molecule has 1 aliphatic rings. The first-order valence-corrected chi connectivity index (χ1v) is 9.13. The Morgan fingerprint density at radius 1 is 0.958 bits per heavy atom. The van der Waals surface area contributed by atoms with Gasteiger partial charge < -0.3 is 14.8 Å². The summed E-state index contributed by atoms with van der Waals surface area (Å²) in [6, 6.07) is 14.3. The molecule has 2 aromatic carbocycles. The van der Waals surface area contributed by atoms with Crippen molar-refractivity contribution in [3.05, 3.63) is 48.5 Å². The van der Waals surface area contributed by atoms with Gasteiger partial charge in [0.05, 0.1) is 25.2 Å². The Labute approximate surface area is 142 Å². The van der Waals surface area contributed by atoms with Gasteiger partial charge in [0.25, 0.3) is 0 Å². The van der Waals surface area contributed by atoms with Crippen molar-refractivity contribution in [1.29, 1.82) is 0 Å². The maximum Gasteiger partial charge on any atom is 0.243 e. The molecular weight excluding hydrogens is 328 g/mol. The Morgan fingerprint density at radius 2 is 1.50 bits per heavy atom. The molecule has 1 heterocycles. The number of nitrogens with zero attached hydrogens (tertiary/aromatic N) is 1. The van der Waals surface area contributed by atoms with Crippen LogP contribution in [0.3, 0.4) is 0 Å². The first-order chi connectivity index (χ1) is 11.6. The second kappa shape index (κ2) is 7.21. The van der Waals surface area contributed by atoms with Gasteiger partial charge in [0.15, 0.2) is 0 Å². The Kier molecular flexibility index (Phi) is 5.03. The van der Waals surface area contributed by atoms with Gasteiger partial charge >= 0.3 is 0 Å². The second-order valence-corrected chi connectivity index (χ2v) is 7.33. The molecule has 24 heavy (non-hydrogen) atoms. The largest absolute Gasteiger partial charge is 0.497 e. The molecule has 0 aromatic heterocycles. The van der Waals surface area contributed by atoms with Gasteiger partial charge in [-0.3, -0.25) is 0 Å². The fourth-order valence-electron chi connectivity index (χ4n) is 2.49. The number of benzene rings is 2. The fraction of sp³-hybridized carbons (Fsp3) is 0.294. The van der Waals surface area contributed by atoms with Crippen LogP contribution in [0.25, 0.3) is 0 Å². The van der Waals surface area contributed by atoms with Crippen molar-refractivity contribution in [2.24, 2.45) is 0 Å². The fourth-order valence-corrected chi connectivity index (χ4v) is 3.90. The minimum atomic E-state index is -3.45. The number of anilines is 2. The molecule has 6 nitrogen and oxygen atoms in total. The van der Waals surface area contributed by atoms with Crippen molar-refractivity contribution >= 4 is 21.4 Å². The molecule has 0 spiro atoms. The first kappa shape index (κ1) is 16.8. The van der Waals surface area contributed by atoms with Crippen molar-refractivity contribution in [1.82, 2.24) is 4.31 Å². The first-order valence-electron chi connectivity index (χ1n) is 7.68. The van der Waals surface area contributed by atoms with Gasteiger partial charge in [-0.15, -0.1) is 0 Å². The smallest absolute Gasteiger partial charge is 0.243 e. The van der Waals surface area contributed by atoms with Crippen LogP contribution in [0.5, 0.6) is 5.75 Å². The molecule has 1 saturated heterocycles. The summed E-state index contributed by atoms with van der Waals surface area (Å²) < 4.78 is 36.9. The van der Waals surface area contributed by atoms with Gasteiger partial charge in [0.2, 0.25) is 10.0 Å². The van der Waals surface area contributed by atoms with E-state index in [0.717, 1.165) is 17.1 Å². The predicted octanol–water partition coefficient (Wildman–Crippen LogP) is 2.46. The van der Waals surface area contributed by atoms with Crippen LogP contribution < -0.4 is 10.1 Å². The lowest BCUT2D eigenvalue weighted by Crippen LogP contribution is -2.40. The highest BCUT2D eigenvalue weighted by molar-refractivity contribution is 7.89. The average molecular weight is 348 g/mol. The van der Waals surface area contributed by atoms with Gasteiger partial charge in [0, 0.05) is 24.5 Å². The number of sulfonamides is 1. The average Bonchev–Trinajstić information content (AvgIpc) is 2.63. The number of ether oxygens (including phenoxy) is 2. The minimum absolute atomic E-state index is 0.296. The molecular formula is C17H20N2O4S. The highest BCUT2D eigenvalue weighted by Gasteiger charge is 2.25. The molecule has 0 unspecified atom stereocenters. The molecule has 0 atom stereocenters. The Hall–Kier alpha value is -2.09. The van der Waals surface area contributed by atoms with Gasteiger partial charge in [-0.1, -0.05) is 0 Å². The minimum Gasteiger partial charge on any atom is -0.497 e. The van der Waals surface area contributed by atoms with Crippen LogP contribution in [-0.2, 0) is 14.8 Å². The number of nitrogens with one attached hydrogen (secondary N) is 1. The molecule has 1 aliphatic heterocycles. The van der Waals surface area contributed by atoms with E-state index in [1.165, 1.54) is 4.31 Å². The Morgan fingerprint density at radius 3 is 2.04 bits per heavy atom. The predicted molar refractivity (Wildman–Crippen MR) is 92.3 cm³/mol. The SMILES string of the molecule is COc1ccc(Nc2ccc(S(=O)(=O)N3CCOCC3)cc2)cc1. The molecule has 0 radical (unpaired) electrons. The lowest BCUT2D eigenvalue weighted by Gasteiger charge is -2.26. The summed E-state index contributed by atoms with van der Waals surface area (Å²) in [5.41, 5.74) is 1.72. The highest BCUT2D eigenvalue weighted by atomic mass is 32.2. The van der Waals surface area contributed by atoms with E-state index in [1.54, 1.807) is 31.4 Å². The third kappa shape index (κ3) is 3.69. The molecule has 0 aliphatic carbocycles. The Bertz CT molecular complexity index is 767. The number of methoxy groups -OCH3 is 1.